The molecule has 1 heterocycles. The molecule has 1 fully saturated rings. The van der Waals surface area contributed by atoms with Crippen LogP contribution in [0.1, 0.15) is 32.3 Å². The molecule has 1 aliphatic heterocycles. The van der Waals surface area contributed by atoms with Crippen molar-refractivity contribution < 1.29 is 13.2 Å². The molecule has 5 nitrogen and oxygen atoms in total. The predicted molar refractivity (Wildman–Crippen MR) is 89.1 cm³/mol. The van der Waals surface area contributed by atoms with E-state index in [2.05, 4.69) is 5.32 Å². The van der Waals surface area contributed by atoms with E-state index in [-0.39, 0.29) is 17.7 Å². The van der Waals surface area contributed by atoms with Crippen molar-refractivity contribution in [1.82, 2.24) is 5.32 Å². The van der Waals surface area contributed by atoms with Crippen LogP contribution in [0.4, 0.5) is 5.69 Å². The normalized spacial score (nSPS) is 18.5. The minimum Gasteiger partial charge on any atom is -0.350 e. The van der Waals surface area contributed by atoms with E-state index in [0.29, 0.717) is 18.7 Å². The Labute approximate surface area is 132 Å². The molecule has 2 rings (SSSR count). The highest BCUT2D eigenvalue weighted by atomic mass is 32.2. The Morgan fingerprint density at radius 3 is 2.59 bits per heavy atom. The third-order valence-corrected chi connectivity index (χ3v) is 5.58. The van der Waals surface area contributed by atoms with Gasteiger partial charge in [0.05, 0.1) is 11.4 Å². The molecule has 0 radical (unpaired) electrons. The number of carbonyl (C=O) groups is 1. The van der Waals surface area contributed by atoms with Gasteiger partial charge in [0.2, 0.25) is 15.9 Å². The van der Waals surface area contributed by atoms with E-state index in [1.165, 1.54) is 10.4 Å². The van der Waals surface area contributed by atoms with E-state index in [1.54, 1.807) is 18.2 Å². The molecule has 0 saturated carbocycles. The monoisotopic (exact) mass is 322 g/mol. The van der Waals surface area contributed by atoms with E-state index in [9.17, 15) is 13.2 Å². The molecule has 1 amide bonds. The Morgan fingerprint density at radius 1 is 1.36 bits per heavy atom. The van der Waals surface area contributed by atoms with Crippen LogP contribution < -0.4 is 9.62 Å². The summed E-state index contributed by atoms with van der Waals surface area (Å²) in [5, 5.41) is 2.85. The number of nitrogens with zero attached hydrogens (tertiary/aromatic N) is 1. The lowest BCUT2D eigenvalue weighted by molar-refractivity contribution is -0.117. The molecule has 0 bridgehead atoms. The van der Waals surface area contributed by atoms with E-state index in [4.69, 9.17) is 0 Å². The fraction of sp³-hybridized carbons (Fsp3) is 0.438. The zero-order valence-corrected chi connectivity index (χ0v) is 13.8. The second-order valence-corrected chi connectivity index (χ2v) is 7.50. The van der Waals surface area contributed by atoms with E-state index in [1.807, 2.05) is 26.0 Å². The SMILES string of the molecule is CCC(C)NC(=O)/C=C/c1ccc(N2CCCS2(=O)=O)cc1. The van der Waals surface area contributed by atoms with Crippen LogP contribution in [-0.4, -0.2) is 32.7 Å². The summed E-state index contributed by atoms with van der Waals surface area (Å²) in [5.74, 6) is 0.0882. The standard InChI is InChI=1S/C16H22N2O3S/c1-3-13(2)17-16(19)10-7-14-5-8-15(9-6-14)18-11-4-12-22(18,20)21/h5-10,13H,3-4,11-12H2,1-2H3,(H,17,19)/b10-7+. The van der Waals surface area contributed by atoms with Crippen LogP contribution in [0.15, 0.2) is 30.3 Å². The highest BCUT2D eigenvalue weighted by molar-refractivity contribution is 7.93. The molecule has 22 heavy (non-hydrogen) atoms. The van der Waals surface area contributed by atoms with Crippen molar-refractivity contribution in [2.75, 3.05) is 16.6 Å². The van der Waals surface area contributed by atoms with Gasteiger partial charge in [0.1, 0.15) is 0 Å². The minimum atomic E-state index is -3.14. The van der Waals surface area contributed by atoms with Gasteiger partial charge < -0.3 is 5.32 Å². The number of sulfonamides is 1. The fourth-order valence-corrected chi connectivity index (χ4v) is 3.81. The number of hydrogen-bond acceptors (Lipinski definition) is 3. The van der Waals surface area contributed by atoms with Gasteiger partial charge in [-0.2, -0.15) is 0 Å². The molecule has 1 aromatic rings. The summed E-state index contributed by atoms with van der Waals surface area (Å²) in [6, 6.07) is 7.33. The van der Waals surface area contributed by atoms with Gasteiger partial charge in [-0.3, -0.25) is 9.10 Å². The van der Waals surface area contributed by atoms with Gasteiger partial charge in [-0.25, -0.2) is 8.42 Å². The van der Waals surface area contributed by atoms with Crippen molar-refractivity contribution in [3.8, 4) is 0 Å². The lowest BCUT2D eigenvalue weighted by Crippen LogP contribution is -2.30. The molecule has 120 valence electrons. The molecule has 6 heteroatoms. The van der Waals surface area contributed by atoms with Gasteiger partial charge in [0.25, 0.3) is 0 Å². The first-order chi connectivity index (χ1) is 10.4. The van der Waals surface area contributed by atoms with Gasteiger partial charge in [-0.15, -0.1) is 0 Å². The Morgan fingerprint density at radius 2 is 2.05 bits per heavy atom. The van der Waals surface area contributed by atoms with Gasteiger partial charge in [0.15, 0.2) is 0 Å². The molecule has 0 aliphatic carbocycles. The Kier molecular flexibility index (Phi) is 5.24. The van der Waals surface area contributed by atoms with Gasteiger partial charge in [-0.1, -0.05) is 19.1 Å². The Balaban J connectivity index is 2.02. The van der Waals surface area contributed by atoms with Crippen molar-refractivity contribution in [2.24, 2.45) is 0 Å². The molecule has 1 N–H and O–H groups in total. The van der Waals surface area contributed by atoms with Crippen LogP contribution >= 0.6 is 0 Å². The van der Waals surface area contributed by atoms with E-state index < -0.39 is 10.0 Å². The Hall–Kier alpha value is -1.82. The van der Waals surface area contributed by atoms with Crippen molar-refractivity contribution in [1.29, 1.82) is 0 Å². The van der Waals surface area contributed by atoms with Crippen LogP contribution in [0.25, 0.3) is 6.08 Å². The highest BCUT2D eigenvalue weighted by Crippen LogP contribution is 2.24. The van der Waals surface area contributed by atoms with Crippen LogP contribution in [0.3, 0.4) is 0 Å². The maximum Gasteiger partial charge on any atom is 0.244 e. The molecule has 1 unspecified atom stereocenters. The van der Waals surface area contributed by atoms with Crippen molar-refractivity contribution in [3.63, 3.8) is 0 Å². The molecule has 1 saturated heterocycles. The molecule has 1 aliphatic rings. The fourth-order valence-electron chi connectivity index (χ4n) is 2.25. The number of amides is 1. The van der Waals surface area contributed by atoms with Gasteiger partial charge in [0, 0.05) is 18.7 Å². The van der Waals surface area contributed by atoms with Crippen LogP contribution in [-0.2, 0) is 14.8 Å². The third-order valence-electron chi connectivity index (χ3n) is 3.71. The summed E-state index contributed by atoms with van der Waals surface area (Å²) < 4.78 is 25.1. The first-order valence-electron chi connectivity index (χ1n) is 7.51. The van der Waals surface area contributed by atoms with Gasteiger partial charge in [-0.05, 0) is 43.5 Å². The minimum absolute atomic E-state index is 0.124. The van der Waals surface area contributed by atoms with Gasteiger partial charge >= 0.3 is 0 Å². The lowest BCUT2D eigenvalue weighted by atomic mass is 10.2. The smallest absolute Gasteiger partial charge is 0.244 e. The van der Waals surface area contributed by atoms with Crippen molar-refractivity contribution >= 4 is 27.7 Å². The lowest BCUT2D eigenvalue weighted by Gasteiger charge is -2.16. The second-order valence-electron chi connectivity index (χ2n) is 5.48. The molecular weight excluding hydrogens is 300 g/mol. The number of rotatable bonds is 5. The first kappa shape index (κ1) is 16.5. The van der Waals surface area contributed by atoms with Crippen LogP contribution in [0.2, 0.25) is 0 Å². The first-order valence-corrected chi connectivity index (χ1v) is 9.12. The number of benzene rings is 1. The number of anilines is 1. The molecular formula is C16H22N2O3S. The summed E-state index contributed by atoms with van der Waals surface area (Å²) >= 11 is 0. The zero-order chi connectivity index (χ0) is 16.2. The molecule has 1 atom stereocenters. The van der Waals surface area contributed by atoms with E-state index >= 15 is 0 Å². The summed E-state index contributed by atoms with van der Waals surface area (Å²) in [4.78, 5) is 11.7. The topological polar surface area (TPSA) is 66.5 Å². The highest BCUT2D eigenvalue weighted by Gasteiger charge is 2.28. The van der Waals surface area contributed by atoms with Crippen molar-refractivity contribution in [2.45, 2.75) is 32.7 Å². The zero-order valence-electron chi connectivity index (χ0n) is 13.0. The average Bonchev–Trinajstić information content (AvgIpc) is 2.85. The number of nitrogens with one attached hydrogen (secondary N) is 1. The molecule has 0 spiro atoms. The summed E-state index contributed by atoms with van der Waals surface area (Å²) in [6.07, 6.45) is 4.77. The number of carbonyl (C=O) groups excluding carboxylic acids is 1. The molecule has 0 aromatic heterocycles. The van der Waals surface area contributed by atoms with Crippen molar-refractivity contribution in [3.05, 3.63) is 35.9 Å². The quantitative estimate of drug-likeness (QED) is 0.845. The largest absolute Gasteiger partial charge is 0.350 e. The summed E-state index contributed by atoms with van der Waals surface area (Å²) in [5.41, 5.74) is 1.54. The molecule has 1 aromatic carbocycles. The predicted octanol–water partition coefficient (Wildman–Crippen LogP) is 2.15. The maximum atomic E-state index is 11.9. The maximum absolute atomic E-state index is 11.9. The van der Waals surface area contributed by atoms with Crippen LogP contribution in [0, 0.1) is 0 Å². The van der Waals surface area contributed by atoms with E-state index in [0.717, 1.165) is 12.0 Å². The summed E-state index contributed by atoms with van der Waals surface area (Å²) in [7, 11) is -3.14. The second kappa shape index (κ2) is 6.96. The number of hydrogen-bond donors (Lipinski definition) is 1. The van der Waals surface area contributed by atoms with Crippen LogP contribution in [0.5, 0.6) is 0 Å². The Bertz CT molecular complexity index is 650. The summed E-state index contributed by atoms with van der Waals surface area (Å²) in [6.45, 7) is 4.51. The third kappa shape index (κ3) is 4.10. The average molecular weight is 322 g/mol.